The number of hydrogen-bond donors (Lipinski definition) is 2. The summed E-state index contributed by atoms with van der Waals surface area (Å²) in [7, 11) is 0. The van der Waals surface area contributed by atoms with Crippen molar-refractivity contribution < 1.29 is 9.59 Å². The number of aromatic nitrogens is 4. The summed E-state index contributed by atoms with van der Waals surface area (Å²) < 4.78 is 1.91. The zero-order valence-corrected chi connectivity index (χ0v) is 18.9. The van der Waals surface area contributed by atoms with Gasteiger partial charge in [-0.05, 0) is 39.8 Å². The molecule has 10 heteroatoms. The van der Waals surface area contributed by atoms with Gasteiger partial charge in [-0.1, -0.05) is 30.0 Å². The third-order valence-electron chi connectivity index (χ3n) is 4.33. The molecule has 0 radical (unpaired) electrons. The van der Waals surface area contributed by atoms with Crippen LogP contribution in [0.15, 0.2) is 40.9 Å². The molecule has 0 saturated carbocycles. The van der Waals surface area contributed by atoms with Gasteiger partial charge in [0.2, 0.25) is 5.91 Å². The maximum Gasteiger partial charge on any atom is 0.251 e. The SMILES string of the molecule is CCn1c(S[C@@H](C)C(=O)Nc2nc(C)cs2)nnc1[C@H](C)NC(=O)c1ccccc1. The number of thiazole rings is 1. The predicted molar refractivity (Wildman–Crippen MR) is 119 cm³/mol. The van der Waals surface area contributed by atoms with E-state index in [1.54, 1.807) is 12.1 Å². The highest BCUT2D eigenvalue weighted by Gasteiger charge is 2.23. The van der Waals surface area contributed by atoms with Crippen molar-refractivity contribution in [2.45, 2.75) is 50.7 Å². The first-order valence-electron chi connectivity index (χ1n) is 9.57. The lowest BCUT2D eigenvalue weighted by Crippen LogP contribution is -2.28. The van der Waals surface area contributed by atoms with Crippen molar-refractivity contribution in [2.24, 2.45) is 0 Å². The van der Waals surface area contributed by atoms with E-state index in [4.69, 9.17) is 0 Å². The summed E-state index contributed by atoms with van der Waals surface area (Å²) in [6, 6.07) is 8.70. The van der Waals surface area contributed by atoms with E-state index in [1.807, 2.05) is 55.8 Å². The van der Waals surface area contributed by atoms with Crippen molar-refractivity contribution in [3.63, 3.8) is 0 Å². The summed E-state index contributed by atoms with van der Waals surface area (Å²) >= 11 is 2.72. The third kappa shape index (κ3) is 5.25. The van der Waals surface area contributed by atoms with Crippen LogP contribution in [0.4, 0.5) is 5.13 Å². The van der Waals surface area contributed by atoms with Gasteiger partial charge in [-0.25, -0.2) is 4.98 Å². The normalized spacial score (nSPS) is 12.9. The van der Waals surface area contributed by atoms with Gasteiger partial charge < -0.3 is 15.2 Å². The molecular weight excluding hydrogens is 420 g/mol. The van der Waals surface area contributed by atoms with Crippen LogP contribution in [-0.2, 0) is 11.3 Å². The summed E-state index contributed by atoms with van der Waals surface area (Å²) in [6.07, 6.45) is 0. The van der Waals surface area contributed by atoms with Crippen LogP contribution in [0.5, 0.6) is 0 Å². The molecule has 0 spiro atoms. The fraction of sp³-hybridized carbons (Fsp3) is 0.350. The first-order chi connectivity index (χ1) is 14.4. The molecule has 0 bridgehead atoms. The molecule has 2 N–H and O–H groups in total. The van der Waals surface area contributed by atoms with E-state index in [2.05, 4.69) is 25.8 Å². The Morgan fingerprint density at radius 3 is 2.57 bits per heavy atom. The topological polar surface area (TPSA) is 102 Å². The Bertz CT molecular complexity index is 1020. The van der Waals surface area contributed by atoms with E-state index in [0.717, 1.165) is 5.69 Å². The average Bonchev–Trinajstić information content (AvgIpc) is 3.33. The first kappa shape index (κ1) is 22.0. The van der Waals surface area contributed by atoms with Crippen LogP contribution >= 0.6 is 23.1 Å². The number of thioether (sulfide) groups is 1. The van der Waals surface area contributed by atoms with Crippen molar-refractivity contribution in [3.05, 3.63) is 52.8 Å². The van der Waals surface area contributed by atoms with Gasteiger partial charge in [-0.2, -0.15) is 0 Å². The molecule has 0 saturated heterocycles. The van der Waals surface area contributed by atoms with Gasteiger partial charge in [0.15, 0.2) is 16.1 Å². The van der Waals surface area contributed by atoms with E-state index >= 15 is 0 Å². The van der Waals surface area contributed by atoms with Crippen molar-refractivity contribution in [1.29, 1.82) is 0 Å². The zero-order chi connectivity index (χ0) is 21.7. The minimum absolute atomic E-state index is 0.146. The fourth-order valence-corrected chi connectivity index (χ4v) is 4.38. The Morgan fingerprint density at radius 1 is 1.20 bits per heavy atom. The maximum atomic E-state index is 12.5. The van der Waals surface area contributed by atoms with Gasteiger partial charge in [0, 0.05) is 17.5 Å². The van der Waals surface area contributed by atoms with Crippen LogP contribution < -0.4 is 10.6 Å². The van der Waals surface area contributed by atoms with Crippen molar-refractivity contribution in [1.82, 2.24) is 25.1 Å². The lowest BCUT2D eigenvalue weighted by molar-refractivity contribution is -0.115. The molecule has 158 valence electrons. The van der Waals surface area contributed by atoms with E-state index in [-0.39, 0.29) is 23.1 Å². The Morgan fingerprint density at radius 2 is 1.93 bits per heavy atom. The van der Waals surface area contributed by atoms with E-state index < -0.39 is 0 Å². The Balaban J connectivity index is 1.67. The van der Waals surface area contributed by atoms with E-state index in [0.29, 0.717) is 28.2 Å². The van der Waals surface area contributed by atoms with Crippen LogP contribution in [0, 0.1) is 6.92 Å². The summed E-state index contributed by atoms with van der Waals surface area (Å²) in [5, 5.41) is 17.0. The molecule has 3 rings (SSSR count). The van der Waals surface area contributed by atoms with Crippen molar-refractivity contribution in [3.8, 4) is 0 Å². The van der Waals surface area contributed by atoms with Crippen LogP contribution in [-0.4, -0.2) is 36.8 Å². The zero-order valence-electron chi connectivity index (χ0n) is 17.2. The molecule has 0 unspecified atom stereocenters. The number of carbonyl (C=O) groups is 2. The lowest BCUT2D eigenvalue weighted by atomic mass is 10.2. The highest BCUT2D eigenvalue weighted by atomic mass is 32.2. The molecule has 3 aromatic rings. The second-order valence-corrected chi connectivity index (χ2v) is 8.86. The molecule has 0 aliphatic heterocycles. The molecule has 2 heterocycles. The smallest absolute Gasteiger partial charge is 0.251 e. The number of rotatable bonds is 8. The van der Waals surface area contributed by atoms with Crippen molar-refractivity contribution >= 4 is 40.0 Å². The number of nitrogens with one attached hydrogen (secondary N) is 2. The standard InChI is InChI=1S/C20H24N6O2S2/c1-5-26-16(13(3)22-18(28)15-9-7-6-8-10-15)24-25-20(26)30-14(4)17(27)23-19-21-12(2)11-29-19/h6-11,13-14H,5H2,1-4H3,(H,22,28)(H,21,23,27)/t13-,14-/m0/s1. The van der Waals surface area contributed by atoms with E-state index in [9.17, 15) is 9.59 Å². The monoisotopic (exact) mass is 444 g/mol. The second kappa shape index (κ2) is 9.86. The number of hydrogen-bond acceptors (Lipinski definition) is 7. The van der Waals surface area contributed by atoms with E-state index in [1.165, 1.54) is 23.1 Å². The Hall–Kier alpha value is -2.72. The minimum atomic E-state index is -0.384. The minimum Gasteiger partial charge on any atom is -0.342 e. The summed E-state index contributed by atoms with van der Waals surface area (Å²) in [5.74, 6) is 0.328. The lowest BCUT2D eigenvalue weighted by Gasteiger charge is -2.16. The Labute approximate surface area is 183 Å². The molecular formula is C20H24N6O2S2. The molecule has 0 aliphatic carbocycles. The molecule has 30 heavy (non-hydrogen) atoms. The van der Waals surface area contributed by atoms with Gasteiger partial charge in [-0.15, -0.1) is 21.5 Å². The number of amides is 2. The predicted octanol–water partition coefficient (Wildman–Crippen LogP) is 3.67. The summed E-state index contributed by atoms with van der Waals surface area (Å²) in [4.78, 5) is 29.2. The molecule has 2 amide bonds. The highest BCUT2D eigenvalue weighted by molar-refractivity contribution is 8.00. The first-order valence-corrected chi connectivity index (χ1v) is 11.3. The third-order valence-corrected chi connectivity index (χ3v) is 6.29. The molecule has 2 atom stereocenters. The average molecular weight is 445 g/mol. The Kier molecular flexibility index (Phi) is 7.22. The summed E-state index contributed by atoms with van der Waals surface area (Å²) in [5.41, 5.74) is 1.46. The molecule has 8 nitrogen and oxygen atoms in total. The maximum absolute atomic E-state index is 12.5. The molecule has 0 fully saturated rings. The van der Waals surface area contributed by atoms with Gasteiger partial charge >= 0.3 is 0 Å². The number of anilines is 1. The number of nitrogens with zero attached hydrogens (tertiary/aromatic N) is 4. The highest BCUT2D eigenvalue weighted by Crippen LogP contribution is 2.26. The number of aryl methyl sites for hydroxylation is 1. The van der Waals surface area contributed by atoms with Gasteiger partial charge in [0.25, 0.3) is 5.91 Å². The van der Waals surface area contributed by atoms with Gasteiger partial charge in [0.1, 0.15) is 0 Å². The fourth-order valence-electron chi connectivity index (χ4n) is 2.77. The van der Waals surface area contributed by atoms with Crippen LogP contribution in [0.2, 0.25) is 0 Å². The molecule has 1 aromatic carbocycles. The van der Waals surface area contributed by atoms with Crippen LogP contribution in [0.3, 0.4) is 0 Å². The summed E-state index contributed by atoms with van der Waals surface area (Å²) in [6.45, 7) is 8.16. The van der Waals surface area contributed by atoms with Crippen molar-refractivity contribution in [2.75, 3.05) is 5.32 Å². The number of benzene rings is 1. The number of carbonyl (C=O) groups excluding carboxylic acids is 2. The quantitative estimate of drug-likeness (QED) is 0.514. The molecule has 2 aromatic heterocycles. The van der Waals surface area contributed by atoms with Gasteiger partial charge in [-0.3, -0.25) is 9.59 Å². The van der Waals surface area contributed by atoms with Crippen LogP contribution in [0.25, 0.3) is 0 Å². The molecule has 0 aliphatic rings. The largest absolute Gasteiger partial charge is 0.342 e. The van der Waals surface area contributed by atoms with Crippen LogP contribution in [0.1, 0.15) is 48.7 Å². The second-order valence-electron chi connectivity index (χ2n) is 6.69. The van der Waals surface area contributed by atoms with Gasteiger partial charge in [0.05, 0.1) is 17.0 Å².